The van der Waals surface area contributed by atoms with E-state index in [0.717, 1.165) is 0 Å². The first kappa shape index (κ1) is 15.4. The Balaban J connectivity index is 3.16. The van der Waals surface area contributed by atoms with Crippen LogP contribution in [0.1, 0.15) is 24.4 Å². The van der Waals surface area contributed by atoms with Crippen LogP contribution < -0.4 is 15.2 Å². The smallest absolute Gasteiger partial charge is 0.303 e. The summed E-state index contributed by atoms with van der Waals surface area (Å²) in [6.07, 6.45) is 0.0311. The van der Waals surface area contributed by atoms with Crippen molar-refractivity contribution < 1.29 is 24.5 Å². The molecule has 6 nitrogen and oxygen atoms in total. The molecule has 0 aliphatic heterocycles. The van der Waals surface area contributed by atoms with Crippen LogP contribution in [-0.2, 0) is 4.79 Å². The van der Waals surface area contributed by atoms with Crippen molar-refractivity contribution in [1.29, 1.82) is 0 Å². The second-order valence-electron chi connectivity index (χ2n) is 3.90. The van der Waals surface area contributed by atoms with Crippen LogP contribution in [-0.4, -0.2) is 30.4 Å². The van der Waals surface area contributed by atoms with Gasteiger partial charge in [0.05, 0.1) is 19.2 Å². The van der Waals surface area contributed by atoms with Gasteiger partial charge in [-0.15, -0.1) is 0 Å². The van der Waals surface area contributed by atoms with Crippen LogP contribution in [0.3, 0.4) is 0 Å². The number of carboxylic acid groups (broad SMARTS) is 1. The van der Waals surface area contributed by atoms with Gasteiger partial charge in [0.15, 0.2) is 11.5 Å². The molecule has 0 amide bonds. The zero-order valence-corrected chi connectivity index (χ0v) is 11.4. The molecule has 19 heavy (non-hydrogen) atoms. The summed E-state index contributed by atoms with van der Waals surface area (Å²) in [6, 6.07) is 0.629. The van der Waals surface area contributed by atoms with Crippen molar-refractivity contribution in [1.82, 2.24) is 0 Å². The SMILES string of the molecule is COc1cc(O)c(C(N)CCC(=O)O)c(Cl)c1OC. The number of nitrogens with two attached hydrogens (primary N) is 1. The molecule has 1 aromatic carbocycles. The van der Waals surface area contributed by atoms with Gasteiger partial charge in [-0.25, -0.2) is 0 Å². The molecule has 0 saturated carbocycles. The van der Waals surface area contributed by atoms with Gasteiger partial charge in [0, 0.05) is 24.1 Å². The van der Waals surface area contributed by atoms with Crippen molar-refractivity contribution in [2.24, 2.45) is 5.73 Å². The molecule has 0 aliphatic rings. The van der Waals surface area contributed by atoms with Crippen LogP contribution in [0.2, 0.25) is 5.02 Å². The molecule has 0 fully saturated rings. The number of rotatable bonds is 6. The van der Waals surface area contributed by atoms with Gasteiger partial charge in [-0.05, 0) is 6.42 Å². The summed E-state index contributed by atoms with van der Waals surface area (Å²) in [5, 5.41) is 18.7. The number of carbonyl (C=O) groups is 1. The number of hydrogen-bond donors (Lipinski definition) is 3. The maximum absolute atomic E-state index is 10.5. The number of phenolic OH excluding ortho intramolecular Hbond substituents is 1. The van der Waals surface area contributed by atoms with Gasteiger partial charge < -0.3 is 25.4 Å². The Labute approximate surface area is 115 Å². The Morgan fingerprint density at radius 3 is 2.58 bits per heavy atom. The average molecular weight is 290 g/mol. The minimum absolute atomic E-state index is 0.120. The van der Waals surface area contributed by atoms with E-state index in [2.05, 4.69) is 0 Å². The highest BCUT2D eigenvalue weighted by molar-refractivity contribution is 6.33. The predicted molar refractivity (Wildman–Crippen MR) is 70.0 cm³/mol. The lowest BCUT2D eigenvalue weighted by atomic mass is 10.0. The van der Waals surface area contributed by atoms with E-state index in [-0.39, 0.29) is 40.7 Å². The number of halogens is 1. The van der Waals surface area contributed by atoms with Gasteiger partial charge in [0.1, 0.15) is 5.75 Å². The molecule has 1 unspecified atom stereocenters. The highest BCUT2D eigenvalue weighted by Crippen LogP contribution is 2.45. The van der Waals surface area contributed by atoms with Gasteiger partial charge in [-0.2, -0.15) is 0 Å². The lowest BCUT2D eigenvalue weighted by Crippen LogP contribution is -2.13. The average Bonchev–Trinajstić information content (AvgIpc) is 2.35. The summed E-state index contributed by atoms with van der Waals surface area (Å²) in [4.78, 5) is 10.5. The van der Waals surface area contributed by atoms with E-state index in [1.165, 1.54) is 20.3 Å². The Hall–Kier alpha value is -1.66. The first-order chi connectivity index (χ1) is 8.92. The molecule has 0 aliphatic carbocycles. The second-order valence-corrected chi connectivity index (χ2v) is 4.28. The highest BCUT2D eigenvalue weighted by Gasteiger charge is 2.22. The Morgan fingerprint density at radius 2 is 2.11 bits per heavy atom. The fourth-order valence-corrected chi connectivity index (χ4v) is 2.14. The molecule has 0 bridgehead atoms. The van der Waals surface area contributed by atoms with Crippen LogP contribution >= 0.6 is 11.6 Å². The van der Waals surface area contributed by atoms with Gasteiger partial charge in [0.2, 0.25) is 0 Å². The summed E-state index contributed by atoms with van der Waals surface area (Å²) in [6.45, 7) is 0. The first-order valence-electron chi connectivity index (χ1n) is 5.53. The zero-order chi connectivity index (χ0) is 14.6. The largest absolute Gasteiger partial charge is 0.507 e. The van der Waals surface area contributed by atoms with Crippen LogP contribution in [0.25, 0.3) is 0 Å². The number of hydrogen-bond acceptors (Lipinski definition) is 5. The van der Waals surface area contributed by atoms with E-state index < -0.39 is 12.0 Å². The summed E-state index contributed by atoms with van der Waals surface area (Å²) in [5.41, 5.74) is 6.11. The Kier molecular flexibility index (Phi) is 5.26. The standard InChI is InChI=1S/C12H16ClNO5/c1-18-8-5-7(15)10(11(13)12(8)19-2)6(14)3-4-9(16)17/h5-6,15H,3-4,14H2,1-2H3,(H,16,17). The highest BCUT2D eigenvalue weighted by atomic mass is 35.5. The fraction of sp³-hybridized carbons (Fsp3) is 0.417. The van der Waals surface area contributed by atoms with Crippen molar-refractivity contribution >= 4 is 17.6 Å². The van der Waals surface area contributed by atoms with Crippen LogP contribution in [0.4, 0.5) is 0 Å². The van der Waals surface area contributed by atoms with Gasteiger partial charge in [0.25, 0.3) is 0 Å². The molecule has 0 spiro atoms. The monoisotopic (exact) mass is 289 g/mol. The quantitative estimate of drug-likeness (QED) is 0.739. The minimum Gasteiger partial charge on any atom is -0.507 e. The zero-order valence-electron chi connectivity index (χ0n) is 10.6. The number of methoxy groups -OCH3 is 2. The molecule has 1 atom stereocenters. The molecular weight excluding hydrogens is 274 g/mol. The summed E-state index contributed by atoms with van der Waals surface area (Å²) in [7, 11) is 2.82. The van der Waals surface area contributed by atoms with Crippen molar-refractivity contribution in [3.05, 3.63) is 16.7 Å². The summed E-state index contributed by atoms with van der Waals surface area (Å²) >= 11 is 6.12. The van der Waals surface area contributed by atoms with Crippen LogP contribution in [0.15, 0.2) is 6.07 Å². The topological polar surface area (TPSA) is 102 Å². The number of aliphatic carboxylic acids is 1. The van der Waals surface area contributed by atoms with Crippen LogP contribution in [0.5, 0.6) is 17.2 Å². The third-order valence-electron chi connectivity index (χ3n) is 2.67. The maximum Gasteiger partial charge on any atom is 0.303 e. The number of carboxylic acids is 1. The van der Waals surface area contributed by atoms with Gasteiger partial charge in [-0.3, -0.25) is 4.79 Å². The van der Waals surface area contributed by atoms with Crippen LogP contribution in [0, 0.1) is 0 Å². The molecule has 0 radical (unpaired) electrons. The Bertz CT molecular complexity index is 478. The number of aromatic hydroxyl groups is 1. The molecule has 4 N–H and O–H groups in total. The predicted octanol–water partition coefficient (Wildman–Crippen LogP) is 1.93. The number of phenols is 1. The molecule has 106 valence electrons. The van der Waals surface area contributed by atoms with E-state index in [9.17, 15) is 9.90 Å². The van der Waals surface area contributed by atoms with E-state index in [0.29, 0.717) is 0 Å². The molecule has 1 rings (SSSR count). The van der Waals surface area contributed by atoms with Gasteiger partial charge >= 0.3 is 5.97 Å². The van der Waals surface area contributed by atoms with E-state index in [4.69, 9.17) is 31.9 Å². The molecule has 0 heterocycles. The minimum atomic E-state index is -0.966. The third-order valence-corrected chi connectivity index (χ3v) is 3.04. The van der Waals surface area contributed by atoms with Crippen molar-refractivity contribution in [2.75, 3.05) is 14.2 Å². The maximum atomic E-state index is 10.5. The Morgan fingerprint density at radius 1 is 1.47 bits per heavy atom. The number of ether oxygens (including phenoxy) is 2. The van der Waals surface area contributed by atoms with Crippen molar-refractivity contribution in [3.8, 4) is 17.2 Å². The first-order valence-corrected chi connectivity index (χ1v) is 5.90. The molecule has 1 aromatic rings. The summed E-state index contributed by atoms with van der Waals surface area (Å²) in [5.74, 6) is -0.589. The molecule has 7 heteroatoms. The molecule has 0 aromatic heterocycles. The molecule has 0 saturated heterocycles. The lowest BCUT2D eigenvalue weighted by Gasteiger charge is -2.18. The van der Waals surface area contributed by atoms with Crippen molar-refractivity contribution in [2.45, 2.75) is 18.9 Å². The normalized spacial score (nSPS) is 12.0. The van der Waals surface area contributed by atoms with E-state index >= 15 is 0 Å². The van der Waals surface area contributed by atoms with Gasteiger partial charge in [-0.1, -0.05) is 11.6 Å². The summed E-state index contributed by atoms with van der Waals surface area (Å²) < 4.78 is 10.1. The van der Waals surface area contributed by atoms with E-state index in [1.54, 1.807) is 0 Å². The fourth-order valence-electron chi connectivity index (χ4n) is 1.73. The molecular formula is C12H16ClNO5. The lowest BCUT2D eigenvalue weighted by molar-refractivity contribution is -0.137. The number of benzene rings is 1. The second kappa shape index (κ2) is 6.49. The third kappa shape index (κ3) is 3.42. The van der Waals surface area contributed by atoms with E-state index in [1.807, 2.05) is 0 Å². The van der Waals surface area contributed by atoms with Crippen molar-refractivity contribution in [3.63, 3.8) is 0 Å².